The monoisotopic (exact) mass is 649 g/mol. The number of likely N-dealkylation sites (N-methyl/N-ethyl adjacent to an activating group) is 1. The van der Waals surface area contributed by atoms with E-state index >= 15 is 0 Å². The summed E-state index contributed by atoms with van der Waals surface area (Å²) in [6.45, 7) is 1.86. The number of halogens is 2. The van der Waals surface area contributed by atoms with Gasteiger partial charge in [-0.15, -0.1) is 0 Å². The summed E-state index contributed by atoms with van der Waals surface area (Å²) in [6, 6.07) is 19.8. The van der Waals surface area contributed by atoms with Crippen molar-refractivity contribution in [3.05, 3.63) is 105 Å². The van der Waals surface area contributed by atoms with Gasteiger partial charge in [-0.1, -0.05) is 83.0 Å². The molecule has 11 heteroatoms. The van der Waals surface area contributed by atoms with Crippen LogP contribution in [0, 0.1) is 0 Å². The molecule has 0 bridgehead atoms. The Balaban J connectivity index is 1.45. The highest BCUT2D eigenvalue weighted by Gasteiger charge is 2.46. The fourth-order valence-electron chi connectivity index (χ4n) is 4.87. The number of nitrogens with zero attached hydrogens (tertiary/aromatic N) is 3. The van der Waals surface area contributed by atoms with Gasteiger partial charge in [-0.3, -0.25) is 14.5 Å². The molecule has 0 radical (unpaired) electrons. The average molecular weight is 651 g/mol. The molecule has 5 rings (SSSR count). The molecule has 3 aromatic carbocycles. The van der Waals surface area contributed by atoms with E-state index in [1.54, 1.807) is 50.6 Å². The Kier molecular flexibility index (Phi) is 8.65. The number of hydrogen-bond donors (Lipinski definition) is 2. The third-order valence-corrected chi connectivity index (χ3v) is 8.03. The maximum absolute atomic E-state index is 13.9. The Hall–Kier alpha value is -4.15. The number of urea groups is 1. The number of amides is 4. The number of ether oxygens (including phenoxy) is 1. The highest BCUT2D eigenvalue weighted by molar-refractivity contribution is 9.10. The molecule has 1 aromatic heterocycles. The minimum absolute atomic E-state index is 0.102. The summed E-state index contributed by atoms with van der Waals surface area (Å²) < 4.78 is 6.39. The highest BCUT2D eigenvalue weighted by Crippen LogP contribution is 2.40. The van der Waals surface area contributed by atoms with Gasteiger partial charge in [-0.05, 0) is 35.4 Å². The van der Waals surface area contributed by atoms with Crippen LogP contribution in [0.3, 0.4) is 0 Å². The van der Waals surface area contributed by atoms with Gasteiger partial charge in [0.05, 0.1) is 16.9 Å². The zero-order valence-corrected chi connectivity index (χ0v) is 25.5. The second-order valence-corrected chi connectivity index (χ2v) is 11.5. The second kappa shape index (κ2) is 12.4. The summed E-state index contributed by atoms with van der Waals surface area (Å²) in [5.74, 6) is 0.0783. The van der Waals surface area contributed by atoms with Crippen LogP contribution in [0.25, 0.3) is 11.3 Å². The van der Waals surface area contributed by atoms with Gasteiger partial charge < -0.3 is 19.9 Å². The lowest BCUT2D eigenvalue weighted by Crippen LogP contribution is -2.38. The van der Waals surface area contributed by atoms with E-state index in [0.717, 1.165) is 15.6 Å². The molecular formula is C31H29BrClN5O4. The van der Waals surface area contributed by atoms with Gasteiger partial charge in [-0.2, -0.15) is 0 Å². The predicted molar refractivity (Wildman–Crippen MR) is 163 cm³/mol. The van der Waals surface area contributed by atoms with Crippen LogP contribution in [0.1, 0.15) is 41.9 Å². The van der Waals surface area contributed by atoms with Gasteiger partial charge in [0.15, 0.2) is 6.61 Å². The van der Waals surface area contributed by atoms with Gasteiger partial charge in [0.2, 0.25) is 0 Å². The number of imide groups is 1. The van der Waals surface area contributed by atoms with E-state index in [4.69, 9.17) is 16.3 Å². The van der Waals surface area contributed by atoms with Gasteiger partial charge >= 0.3 is 6.03 Å². The molecule has 1 fully saturated rings. The molecule has 42 heavy (non-hydrogen) atoms. The van der Waals surface area contributed by atoms with Crippen LogP contribution in [0.4, 0.5) is 4.79 Å². The van der Waals surface area contributed by atoms with E-state index < -0.39 is 24.0 Å². The number of H-pyrrole nitrogens is 1. The Morgan fingerprint density at radius 1 is 1.10 bits per heavy atom. The van der Waals surface area contributed by atoms with Crippen LogP contribution in [0.15, 0.2) is 83.5 Å². The molecule has 1 aliphatic heterocycles. The number of rotatable bonds is 9. The molecule has 9 nitrogen and oxygen atoms in total. The largest absolute Gasteiger partial charge is 0.484 e. The second-order valence-electron chi connectivity index (χ2n) is 10.2. The summed E-state index contributed by atoms with van der Waals surface area (Å²) in [6.07, 6.45) is 1.66. The summed E-state index contributed by atoms with van der Waals surface area (Å²) in [4.78, 5) is 49.8. The topological polar surface area (TPSA) is 108 Å². The Labute approximate surface area is 257 Å². The van der Waals surface area contributed by atoms with Crippen molar-refractivity contribution in [1.82, 2.24) is 25.1 Å². The first-order valence-electron chi connectivity index (χ1n) is 13.3. The summed E-state index contributed by atoms with van der Waals surface area (Å²) in [5.41, 5.74) is 2.95. The zero-order chi connectivity index (χ0) is 30.0. The number of carbonyl (C=O) groups is 3. The number of aromatic amines is 1. The van der Waals surface area contributed by atoms with Gasteiger partial charge in [-0.25, -0.2) is 9.78 Å². The zero-order valence-electron chi connectivity index (χ0n) is 23.2. The molecule has 1 aliphatic rings. The molecule has 4 amide bonds. The number of hydrogen-bond acceptors (Lipinski definition) is 5. The number of aromatic nitrogens is 2. The molecule has 3 atom stereocenters. The van der Waals surface area contributed by atoms with Crippen molar-refractivity contribution in [3.63, 3.8) is 0 Å². The fraction of sp³-hybridized carbons (Fsp3) is 0.226. The normalized spacial score (nSPS) is 16.2. The van der Waals surface area contributed by atoms with E-state index in [2.05, 4.69) is 31.2 Å². The van der Waals surface area contributed by atoms with Gasteiger partial charge in [0.1, 0.15) is 23.7 Å². The number of nitrogens with one attached hydrogen (secondary N) is 2. The van der Waals surface area contributed by atoms with Crippen LogP contribution >= 0.6 is 27.5 Å². The van der Waals surface area contributed by atoms with Crippen molar-refractivity contribution in [2.24, 2.45) is 0 Å². The minimum Gasteiger partial charge on any atom is -0.484 e. The van der Waals surface area contributed by atoms with Crippen molar-refractivity contribution in [2.45, 2.75) is 24.9 Å². The minimum atomic E-state index is -0.893. The van der Waals surface area contributed by atoms with E-state index in [-0.39, 0.29) is 18.4 Å². The van der Waals surface area contributed by atoms with Crippen molar-refractivity contribution in [2.75, 3.05) is 20.7 Å². The third-order valence-electron chi connectivity index (χ3n) is 7.22. The van der Waals surface area contributed by atoms with Crippen LogP contribution < -0.4 is 10.1 Å². The first-order valence-corrected chi connectivity index (χ1v) is 14.4. The SMILES string of the molecule is C[C@@H](c1ccccc1)[C@@H](c1ncc(-c2ccc(Br)cc2Cl)[nH]1)N1C(=O)NC(c2ccc(OCC(=O)N(C)C)cc2)C1=O. The van der Waals surface area contributed by atoms with Gasteiger partial charge in [0, 0.05) is 30.0 Å². The maximum Gasteiger partial charge on any atom is 0.325 e. The van der Waals surface area contributed by atoms with Crippen molar-refractivity contribution >= 4 is 45.4 Å². The average Bonchev–Trinajstić information content (AvgIpc) is 3.57. The summed E-state index contributed by atoms with van der Waals surface area (Å²) >= 11 is 9.92. The highest BCUT2D eigenvalue weighted by atomic mass is 79.9. The molecule has 0 aliphatic carbocycles. The molecule has 1 saturated heterocycles. The van der Waals surface area contributed by atoms with E-state index in [9.17, 15) is 14.4 Å². The van der Waals surface area contributed by atoms with E-state index in [0.29, 0.717) is 27.9 Å². The van der Waals surface area contributed by atoms with E-state index in [1.807, 2.05) is 49.4 Å². The lowest BCUT2D eigenvalue weighted by molar-refractivity contribution is -0.131. The van der Waals surface area contributed by atoms with Crippen molar-refractivity contribution in [3.8, 4) is 17.0 Å². The lowest BCUT2D eigenvalue weighted by atomic mass is 9.91. The summed E-state index contributed by atoms with van der Waals surface area (Å²) in [7, 11) is 3.31. The Morgan fingerprint density at radius 3 is 2.48 bits per heavy atom. The molecule has 2 heterocycles. The third kappa shape index (κ3) is 6.05. The van der Waals surface area contributed by atoms with Crippen LogP contribution in [-0.4, -0.2) is 58.3 Å². The number of benzene rings is 3. The molecule has 1 unspecified atom stereocenters. The van der Waals surface area contributed by atoms with Gasteiger partial charge in [0.25, 0.3) is 11.8 Å². The lowest BCUT2D eigenvalue weighted by Gasteiger charge is -2.29. The maximum atomic E-state index is 13.9. The van der Waals surface area contributed by atoms with Crippen LogP contribution in [0.5, 0.6) is 5.75 Å². The Bertz CT molecular complexity index is 1610. The predicted octanol–water partition coefficient (Wildman–Crippen LogP) is 6.10. The molecule has 0 spiro atoms. The summed E-state index contributed by atoms with van der Waals surface area (Å²) in [5, 5.41) is 3.36. The standard InChI is InChI=1S/C31H29BrClN5O4/c1-18(19-7-5-4-6-8-19)28(29-34-16-25(35-29)23-14-11-21(32)15-24(23)33)38-30(40)27(36-31(38)41)20-9-12-22(13-10-20)42-17-26(39)37(2)3/h4-16,18,27-28H,17H2,1-3H3,(H,34,35)(H,36,41)/t18-,27?,28-/m0/s1. The molecular weight excluding hydrogens is 622 g/mol. The molecule has 2 N–H and O–H groups in total. The number of imidazole rings is 1. The number of carbonyl (C=O) groups excluding carboxylic acids is 3. The molecule has 0 saturated carbocycles. The van der Waals surface area contributed by atoms with Crippen molar-refractivity contribution in [1.29, 1.82) is 0 Å². The first kappa shape index (κ1) is 29.3. The smallest absolute Gasteiger partial charge is 0.325 e. The van der Waals surface area contributed by atoms with Crippen LogP contribution in [0.2, 0.25) is 5.02 Å². The first-order chi connectivity index (χ1) is 20.1. The molecule has 4 aromatic rings. The Morgan fingerprint density at radius 2 is 1.81 bits per heavy atom. The fourth-order valence-corrected chi connectivity index (χ4v) is 5.64. The molecule has 216 valence electrons. The van der Waals surface area contributed by atoms with Crippen LogP contribution in [-0.2, 0) is 9.59 Å². The van der Waals surface area contributed by atoms with E-state index in [1.165, 1.54) is 9.80 Å². The van der Waals surface area contributed by atoms with Crippen molar-refractivity contribution < 1.29 is 19.1 Å². The quantitative estimate of drug-likeness (QED) is 0.213.